The van der Waals surface area contributed by atoms with Crippen molar-refractivity contribution in [2.45, 2.75) is 38.6 Å². The number of amides is 2. The zero-order valence-corrected chi connectivity index (χ0v) is 17.0. The number of H-pyrrole nitrogens is 1. The summed E-state index contributed by atoms with van der Waals surface area (Å²) in [4.78, 5) is 30.4. The lowest BCUT2D eigenvalue weighted by Gasteiger charge is -2.29. The first-order chi connectivity index (χ1) is 14.0. The van der Waals surface area contributed by atoms with Gasteiger partial charge in [0.15, 0.2) is 0 Å². The summed E-state index contributed by atoms with van der Waals surface area (Å²) in [5, 5.41) is 6.08. The van der Waals surface area contributed by atoms with E-state index in [1.807, 2.05) is 43.5 Å². The van der Waals surface area contributed by atoms with Crippen molar-refractivity contribution in [1.82, 2.24) is 15.2 Å². The van der Waals surface area contributed by atoms with E-state index in [1.165, 1.54) is 0 Å². The Balaban J connectivity index is 1.44. The fourth-order valence-corrected chi connectivity index (χ4v) is 4.15. The average Bonchev–Trinajstić information content (AvgIpc) is 3.22. The van der Waals surface area contributed by atoms with Crippen LogP contribution in [0.15, 0.2) is 30.5 Å². The Morgan fingerprint density at radius 1 is 1.28 bits per heavy atom. The van der Waals surface area contributed by atoms with Crippen molar-refractivity contribution in [3.8, 4) is 0 Å². The van der Waals surface area contributed by atoms with Gasteiger partial charge in [-0.05, 0) is 69.6 Å². The quantitative estimate of drug-likeness (QED) is 0.685. The van der Waals surface area contributed by atoms with Crippen LogP contribution in [0.4, 0.5) is 5.69 Å². The molecule has 1 aromatic carbocycles. The number of hydrogen-bond acceptors (Lipinski definition) is 3. The van der Waals surface area contributed by atoms with E-state index in [9.17, 15) is 9.59 Å². The largest absolute Gasteiger partial charge is 0.361 e. The van der Waals surface area contributed by atoms with Crippen molar-refractivity contribution < 1.29 is 9.59 Å². The minimum atomic E-state index is -0.0931. The number of carbonyl (C=O) groups is 2. The number of aromatic amines is 1. The van der Waals surface area contributed by atoms with Crippen LogP contribution in [-0.2, 0) is 16.0 Å². The normalized spacial score (nSPS) is 18.7. The van der Waals surface area contributed by atoms with E-state index in [1.54, 1.807) is 0 Å². The number of rotatable bonds is 5. The van der Waals surface area contributed by atoms with Gasteiger partial charge in [0.25, 0.3) is 5.91 Å². The smallest absolute Gasteiger partial charge is 0.256 e. The number of nitrogens with one attached hydrogen (secondary N) is 3. The zero-order chi connectivity index (χ0) is 20.4. The van der Waals surface area contributed by atoms with Gasteiger partial charge >= 0.3 is 0 Å². The molecule has 0 unspecified atom stereocenters. The van der Waals surface area contributed by atoms with Gasteiger partial charge in [0.2, 0.25) is 5.91 Å². The fraction of sp³-hybridized carbons (Fsp3) is 0.391. The summed E-state index contributed by atoms with van der Waals surface area (Å²) >= 11 is 0. The van der Waals surface area contributed by atoms with Crippen molar-refractivity contribution in [3.05, 3.63) is 52.8 Å². The number of carbonyl (C=O) groups excluding carboxylic acids is 2. The predicted octanol–water partition coefficient (Wildman–Crippen LogP) is 2.96. The maximum Gasteiger partial charge on any atom is 0.256 e. The summed E-state index contributed by atoms with van der Waals surface area (Å²) < 4.78 is 0. The summed E-state index contributed by atoms with van der Waals surface area (Å²) in [6, 6.07) is 7.98. The van der Waals surface area contributed by atoms with E-state index in [-0.39, 0.29) is 17.9 Å². The second-order valence-electron chi connectivity index (χ2n) is 8.07. The molecule has 29 heavy (non-hydrogen) atoms. The Labute approximate surface area is 171 Å². The molecule has 1 fully saturated rings. The van der Waals surface area contributed by atoms with Crippen molar-refractivity contribution in [3.63, 3.8) is 0 Å². The van der Waals surface area contributed by atoms with Gasteiger partial charge in [-0.25, -0.2) is 0 Å². The van der Waals surface area contributed by atoms with Crippen LogP contribution in [0.25, 0.3) is 11.6 Å². The summed E-state index contributed by atoms with van der Waals surface area (Å²) in [6.07, 6.45) is 6.96. The number of fused-ring (bicyclic) bond motifs is 1. The fourth-order valence-electron chi connectivity index (χ4n) is 4.15. The summed E-state index contributed by atoms with van der Waals surface area (Å²) in [7, 11) is 2.12. The van der Waals surface area contributed by atoms with Crippen LogP contribution < -0.4 is 10.6 Å². The van der Waals surface area contributed by atoms with Crippen molar-refractivity contribution in [2.24, 2.45) is 0 Å². The second kappa shape index (κ2) is 8.25. The highest BCUT2D eigenvalue weighted by molar-refractivity contribution is 6.34. The third-order valence-corrected chi connectivity index (χ3v) is 5.93. The molecule has 0 saturated carbocycles. The maximum atomic E-state index is 12.5. The molecule has 6 heteroatoms. The summed E-state index contributed by atoms with van der Waals surface area (Å²) in [5.41, 5.74) is 5.50. The third kappa shape index (κ3) is 4.27. The maximum absolute atomic E-state index is 12.5. The van der Waals surface area contributed by atoms with Crippen LogP contribution in [-0.4, -0.2) is 47.9 Å². The molecule has 152 valence electrons. The standard InChI is InChI=1S/C23H28N4O2/c1-15-14-24-21(13-19-18-5-3-4-6-20(18)26-23(19)29)17(15)7-8-22(28)25-16-9-11-27(2)12-10-16/h3-6,13-14,16,24H,7-12H2,1-2H3,(H,25,28)(H,26,29)/b19-13-. The molecular formula is C23H28N4O2. The lowest BCUT2D eigenvalue weighted by Crippen LogP contribution is -2.43. The molecule has 3 N–H and O–H groups in total. The van der Waals surface area contributed by atoms with Gasteiger partial charge in [-0.15, -0.1) is 0 Å². The molecule has 0 spiro atoms. The van der Waals surface area contributed by atoms with E-state index >= 15 is 0 Å². The number of hydrogen-bond donors (Lipinski definition) is 3. The molecule has 0 aliphatic carbocycles. The molecule has 0 radical (unpaired) electrons. The van der Waals surface area contributed by atoms with Crippen LogP contribution in [0, 0.1) is 6.92 Å². The number of anilines is 1. The van der Waals surface area contributed by atoms with Crippen LogP contribution in [0.3, 0.4) is 0 Å². The lowest BCUT2D eigenvalue weighted by atomic mass is 10.0. The molecule has 3 heterocycles. The van der Waals surface area contributed by atoms with Gasteiger partial charge in [0.05, 0.1) is 5.57 Å². The van der Waals surface area contributed by atoms with Crippen molar-refractivity contribution in [1.29, 1.82) is 0 Å². The first kappa shape index (κ1) is 19.5. The number of nitrogens with zero attached hydrogens (tertiary/aromatic N) is 1. The van der Waals surface area contributed by atoms with E-state index in [2.05, 4.69) is 27.6 Å². The number of piperidine rings is 1. The van der Waals surface area contributed by atoms with Gasteiger partial charge in [0, 0.05) is 35.6 Å². The van der Waals surface area contributed by atoms with Crippen molar-refractivity contribution in [2.75, 3.05) is 25.5 Å². The highest BCUT2D eigenvalue weighted by Crippen LogP contribution is 2.33. The molecule has 1 aromatic heterocycles. The molecule has 2 aliphatic heterocycles. The van der Waals surface area contributed by atoms with Crippen LogP contribution in [0.1, 0.15) is 41.6 Å². The molecule has 2 amide bonds. The number of benzene rings is 1. The molecule has 2 aliphatic rings. The Morgan fingerprint density at radius 3 is 2.83 bits per heavy atom. The van der Waals surface area contributed by atoms with Gasteiger partial charge < -0.3 is 20.5 Å². The molecule has 2 aromatic rings. The monoisotopic (exact) mass is 392 g/mol. The highest BCUT2D eigenvalue weighted by atomic mass is 16.2. The minimum Gasteiger partial charge on any atom is -0.361 e. The minimum absolute atomic E-state index is 0.0931. The molecular weight excluding hydrogens is 364 g/mol. The Kier molecular flexibility index (Phi) is 5.53. The number of para-hydroxylation sites is 1. The van der Waals surface area contributed by atoms with Crippen LogP contribution in [0.2, 0.25) is 0 Å². The van der Waals surface area contributed by atoms with Gasteiger partial charge in [-0.2, -0.15) is 0 Å². The zero-order valence-electron chi connectivity index (χ0n) is 17.0. The number of aryl methyl sites for hydroxylation is 1. The Morgan fingerprint density at radius 2 is 2.03 bits per heavy atom. The SMILES string of the molecule is Cc1c[nH]c(/C=C2\C(=O)Nc3ccccc32)c1CCC(=O)NC1CCN(C)CC1. The first-order valence-corrected chi connectivity index (χ1v) is 10.3. The molecule has 6 nitrogen and oxygen atoms in total. The Bertz CT molecular complexity index is 952. The van der Waals surface area contributed by atoms with Crippen molar-refractivity contribution >= 4 is 29.2 Å². The summed E-state index contributed by atoms with van der Waals surface area (Å²) in [6.45, 7) is 4.09. The molecule has 1 saturated heterocycles. The Hall–Kier alpha value is -2.86. The first-order valence-electron chi connectivity index (χ1n) is 10.3. The van der Waals surface area contributed by atoms with E-state index in [0.717, 1.165) is 54.0 Å². The van der Waals surface area contributed by atoms with Crippen LogP contribution >= 0.6 is 0 Å². The molecule has 0 atom stereocenters. The van der Waals surface area contributed by atoms with Crippen LogP contribution in [0.5, 0.6) is 0 Å². The van der Waals surface area contributed by atoms with Gasteiger partial charge in [-0.3, -0.25) is 9.59 Å². The number of likely N-dealkylation sites (tertiary alicyclic amines) is 1. The topological polar surface area (TPSA) is 77.2 Å². The third-order valence-electron chi connectivity index (χ3n) is 5.93. The highest BCUT2D eigenvalue weighted by Gasteiger charge is 2.24. The average molecular weight is 393 g/mol. The second-order valence-corrected chi connectivity index (χ2v) is 8.07. The number of aromatic nitrogens is 1. The van der Waals surface area contributed by atoms with E-state index < -0.39 is 0 Å². The van der Waals surface area contributed by atoms with Gasteiger partial charge in [0.1, 0.15) is 0 Å². The lowest BCUT2D eigenvalue weighted by molar-refractivity contribution is -0.122. The molecule has 0 bridgehead atoms. The van der Waals surface area contributed by atoms with E-state index in [4.69, 9.17) is 0 Å². The predicted molar refractivity (Wildman–Crippen MR) is 115 cm³/mol. The molecule has 4 rings (SSSR count). The van der Waals surface area contributed by atoms with E-state index in [0.29, 0.717) is 18.4 Å². The van der Waals surface area contributed by atoms with Gasteiger partial charge in [-0.1, -0.05) is 18.2 Å². The summed E-state index contributed by atoms with van der Waals surface area (Å²) in [5.74, 6) is 0.00660.